The molecule has 22 heavy (non-hydrogen) atoms. The maximum atomic E-state index is 13.0. The molecular formula is C14H9BrFN3O2S. The van der Waals surface area contributed by atoms with E-state index in [4.69, 9.17) is 9.25 Å². The SMILES string of the molecule is Fc1cccc(/C=N\OCc2nnc(-c3ccc(Br)s3)o2)c1. The third kappa shape index (κ3) is 3.77. The lowest BCUT2D eigenvalue weighted by atomic mass is 10.2. The van der Waals surface area contributed by atoms with Crippen LogP contribution in [0.5, 0.6) is 0 Å². The van der Waals surface area contributed by atoms with Crippen LogP contribution in [0.4, 0.5) is 4.39 Å². The zero-order valence-corrected chi connectivity index (χ0v) is 13.5. The smallest absolute Gasteiger partial charge is 0.257 e. The van der Waals surface area contributed by atoms with Crippen LogP contribution in [-0.2, 0) is 11.4 Å². The van der Waals surface area contributed by atoms with Gasteiger partial charge in [0.15, 0.2) is 6.61 Å². The Hall–Kier alpha value is -2.06. The Morgan fingerprint density at radius 3 is 3.00 bits per heavy atom. The third-order valence-corrected chi connectivity index (χ3v) is 4.18. The van der Waals surface area contributed by atoms with Gasteiger partial charge in [-0.1, -0.05) is 17.3 Å². The molecule has 3 aromatic rings. The number of hydrogen-bond donors (Lipinski definition) is 0. The van der Waals surface area contributed by atoms with Crippen LogP contribution in [0.15, 0.2) is 49.8 Å². The molecule has 0 amide bonds. The average Bonchev–Trinajstić information content (AvgIpc) is 3.12. The molecule has 5 nitrogen and oxygen atoms in total. The average molecular weight is 382 g/mol. The summed E-state index contributed by atoms with van der Waals surface area (Å²) < 4.78 is 19.4. The topological polar surface area (TPSA) is 60.5 Å². The molecule has 0 fully saturated rings. The molecule has 0 N–H and O–H groups in total. The minimum atomic E-state index is -0.326. The zero-order chi connectivity index (χ0) is 15.4. The Labute approximate surface area is 137 Å². The van der Waals surface area contributed by atoms with Gasteiger partial charge in [0.2, 0.25) is 0 Å². The monoisotopic (exact) mass is 381 g/mol. The molecule has 1 aromatic carbocycles. The largest absolute Gasteiger partial charge is 0.416 e. The van der Waals surface area contributed by atoms with Gasteiger partial charge in [0.25, 0.3) is 11.8 Å². The predicted molar refractivity (Wildman–Crippen MR) is 84.1 cm³/mol. The number of benzene rings is 1. The molecular weight excluding hydrogens is 373 g/mol. The van der Waals surface area contributed by atoms with Crippen molar-refractivity contribution in [2.45, 2.75) is 6.61 Å². The van der Waals surface area contributed by atoms with E-state index >= 15 is 0 Å². The Kier molecular flexibility index (Phi) is 4.59. The Bertz CT molecular complexity index is 803. The molecule has 2 heterocycles. The summed E-state index contributed by atoms with van der Waals surface area (Å²) in [5.41, 5.74) is 0.606. The van der Waals surface area contributed by atoms with Crippen molar-refractivity contribution >= 4 is 33.5 Å². The molecule has 0 unspecified atom stereocenters. The summed E-state index contributed by atoms with van der Waals surface area (Å²) >= 11 is 4.87. The molecule has 0 aliphatic heterocycles. The Balaban J connectivity index is 1.57. The lowest BCUT2D eigenvalue weighted by molar-refractivity contribution is 0.112. The summed E-state index contributed by atoms with van der Waals surface area (Å²) in [6, 6.07) is 9.82. The first-order chi connectivity index (χ1) is 10.7. The number of aromatic nitrogens is 2. The molecule has 0 saturated carbocycles. The first kappa shape index (κ1) is 14.9. The number of nitrogens with zero attached hydrogens (tertiary/aromatic N) is 3. The van der Waals surface area contributed by atoms with Gasteiger partial charge in [-0.25, -0.2) is 4.39 Å². The van der Waals surface area contributed by atoms with E-state index in [0.29, 0.717) is 17.3 Å². The molecule has 0 atom stereocenters. The lowest BCUT2D eigenvalue weighted by Crippen LogP contribution is -1.89. The van der Waals surface area contributed by atoms with Crippen LogP contribution in [0.1, 0.15) is 11.5 Å². The standard InChI is InChI=1S/C14H9BrFN3O2S/c15-12-5-4-11(22-12)14-19-18-13(21-14)8-20-17-7-9-2-1-3-10(16)6-9/h1-7H,8H2/b17-7-. The fourth-order valence-electron chi connectivity index (χ4n) is 1.62. The maximum absolute atomic E-state index is 13.0. The van der Waals surface area contributed by atoms with Crippen molar-refractivity contribution in [3.8, 4) is 10.8 Å². The Morgan fingerprint density at radius 2 is 2.23 bits per heavy atom. The van der Waals surface area contributed by atoms with E-state index in [1.165, 1.54) is 29.7 Å². The van der Waals surface area contributed by atoms with Crippen molar-refractivity contribution in [1.29, 1.82) is 0 Å². The highest BCUT2D eigenvalue weighted by molar-refractivity contribution is 9.11. The molecule has 112 valence electrons. The van der Waals surface area contributed by atoms with E-state index in [1.807, 2.05) is 12.1 Å². The molecule has 0 aliphatic rings. The quantitative estimate of drug-likeness (QED) is 0.489. The fraction of sp³-hybridized carbons (Fsp3) is 0.0714. The number of thiophene rings is 1. The molecule has 2 aromatic heterocycles. The minimum Gasteiger partial charge on any atom is -0.416 e. The van der Waals surface area contributed by atoms with Crippen LogP contribution in [-0.4, -0.2) is 16.4 Å². The molecule has 0 saturated heterocycles. The van der Waals surface area contributed by atoms with E-state index in [2.05, 4.69) is 31.3 Å². The van der Waals surface area contributed by atoms with Crippen molar-refractivity contribution in [3.05, 3.63) is 57.5 Å². The second kappa shape index (κ2) is 6.80. The molecule has 3 rings (SSSR count). The summed E-state index contributed by atoms with van der Waals surface area (Å²) in [4.78, 5) is 5.93. The van der Waals surface area contributed by atoms with Crippen molar-refractivity contribution in [2.75, 3.05) is 0 Å². The van der Waals surface area contributed by atoms with Gasteiger partial charge in [-0.3, -0.25) is 0 Å². The van der Waals surface area contributed by atoms with E-state index in [9.17, 15) is 4.39 Å². The normalized spacial score (nSPS) is 11.2. The summed E-state index contributed by atoms with van der Waals surface area (Å²) in [5.74, 6) is 0.423. The first-order valence-electron chi connectivity index (χ1n) is 6.20. The first-order valence-corrected chi connectivity index (χ1v) is 7.80. The van der Waals surface area contributed by atoms with Crippen molar-refractivity contribution in [2.24, 2.45) is 5.16 Å². The van der Waals surface area contributed by atoms with Crippen LogP contribution in [0.2, 0.25) is 0 Å². The van der Waals surface area contributed by atoms with Crippen LogP contribution in [0.25, 0.3) is 10.8 Å². The summed E-state index contributed by atoms with van der Waals surface area (Å²) in [7, 11) is 0. The number of oxime groups is 1. The van der Waals surface area contributed by atoms with Gasteiger partial charge in [-0.05, 0) is 45.8 Å². The van der Waals surface area contributed by atoms with Gasteiger partial charge < -0.3 is 9.25 Å². The highest BCUT2D eigenvalue weighted by Gasteiger charge is 2.10. The summed E-state index contributed by atoms with van der Waals surface area (Å²) in [5, 5.41) is 11.6. The van der Waals surface area contributed by atoms with E-state index in [1.54, 1.807) is 12.1 Å². The van der Waals surface area contributed by atoms with E-state index in [0.717, 1.165) is 8.66 Å². The van der Waals surface area contributed by atoms with Crippen LogP contribution in [0.3, 0.4) is 0 Å². The number of hydrogen-bond acceptors (Lipinski definition) is 6. The molecule has 0 aliphatic carbocycles. The maximum Gasteiger partial charge on any atom is 0.257 e. The molecule has 8 heteroatoms. The van der Waals surface area contributed by atoms with Gasteiger partial charge in [0.1, 0.15) is 5.82 Å². The number of rotatable bonds is 5. The second-order valence-electron chi connectivity index (χ2n) is 4.17. The van der Waals surface area contributed by atoms with Gasteiger partial charge in [-0.2, -0.15) is 0 Å². The molecule has 0 bridgehead atoms. The van der Waals surface area contributed by atoms with E-state index < -0.39 is 0 Å². The molecule has 0 spiro atoms. The Morgan fingerprint density at radius 1 is 1.32 bits per heavy atom. The van der Waals surface area contributed by atoms with Crippen molar-refractivity contribution < 1.29 is 13.6 Å². The van der Waals surface area contributed by atoms with Crippen molar-refractivity contribution in [1.82, 2.24) is 10.2 Å². The van der Waals surface area contributed by atoms with Crippen LogP contribution in [0, 0.1) is 5.82 Å². The van der Waals surface area contributed by atoms with Gasteiger partial charge in [0.05, 0.1) is 14.9 Å². The van der Waals surface area contributed by atoms with E-state index in [-0.39, 0.29) is 12.4 Å². The highest BCUT2D eigenvalue weighted by Crippen LogP contribution is 2.30. The zero-order valence-electron chi connectivity index (χ0n) is 11.1. The third-order valence-electron chi connectivity index (χ3n) is 2.56. The van der Waals surface area contributed by atoms with Gasteiger partial charge in [-0.15, -0.1) is 21.5 Å². The summed E-state index contributed by atoms with van der Waals surface area (Å²) in [6.07, 6.45) is 1.41. The van der Waals surface area contributed by atoms with Gasteiger partial charge in [0, 0.05) is 0 Å². The lowest BCUT2D eigenvalue weighted by Gasteiger charge is -1.94. The summed E-state index contributed by atoms with van der Waals surface area (Å²) in [6.45, 7) is 0.0470. The minimum absolute atomic E-state index is 0.0470. The second-order valence-corrected chi connectivity index (χ2v) is 6.63. The fourth-order valence-corrected chi connectivity index (χ4v) is 2.93. The van der Waals surface area contributed by atoms with Gasteiger partial charge >= 0.3 is 0 Å². The van der Waals surface area contributed by atoms with Crippen LogP contribution >= 0.6 is 27.3 Å². The molecule has 0 radical (unpaired) electrons. The predicted octanol–water partition coefficient (Wildman–Crippen LogP) is 4.25. The number of halogens is 2. The highest BCUT2D eigenvalue weighted by atomic mass is 79.9. The van der Waals surface area contributed by atoms with Crippen LogP contribution < -0.4 is 0 Å². The van der Waals surface area contributed by atoms with Crippen molar-refractivity contribution in [3.63, 3.8) is 0 Å².